The van der Waals surface area contributed by atoms with E-state index in [1.807, 2.05) is 0 Å². The molecule has 4 heterocycles. The van der Waals surface area contributed by atoms with Crippen LogP contribution in [0.25, 0.3) is 0 Å². The van der Waals surface area contributed by atoms with Gasteiger partial charge < -0.3 is 21.9 Å². The highest BCUT2D eigenvalue weighted by atomic mass is 32.2. The molecule has 2 aliphatic rings. The standard InChI is InChI=1S/C18H15F3N8O5S2/c19-18(20,21)6-3-5(4-24-12(6)22)35-8-2-1-7-9(15(31)29(7)11(8)16(32)33)25-14(30)10(27-34)13-26-17(23)36-28-13/h3-4,7,9-10H,1-2H2,(H2,22,24)(H,25,30)(H,32,33)(H2,23,26,28)/t7?,9-,10?/m0/s1. The topological polar surface area (TPSA) is 207 Å². The minimum Gasteiger partial charge on any atom is -0.477 e. The molecule has 0 radical (unpaired) electrons. The number of carboxylic acids is 1. The molecule has 190 valence electrons. The maximum Gasteiger partial charge on any atom is 0.419 e. The summed E-state index contributed by atoms with van der Waals surface area (Å²) in [5, 5.41) is 14.8. The van der Waals surface area contributed by atoms with Crippen LogP contribution in [-0.2, 0) is 20.6 Å². The van der Waals surface area contributed by atoms with Gasteiger partial charge in [-0.25, -0.2) is 14.8 Å². The van der Waals surface area contributed by atoms with Gasteiger partial charge in [-0.2, -0.15) is 17.5 Å². The second-order valence-electron chi connectivity index (χ2n) is 7.58. The first-order valence-electron chi connectivity index (χ1n) is 9.94. The molecule has 2 amide bonds. The number of fused-ring (bicyclic) bond motifs is 1. The summed E-state index contributed by atoms with van der Waals surface area (Å²) in [7, 11) is 0. The maximum absolute atomic E-state index is 13.2. The van der Waals surface area contributed by atoms with E-state index in [2.05, 4.69) is 24.8 Å². The molecule has 2 unspecified atom stereocenters. The van der Waals surface area contributed by atoms with Crippen molar-refractivity contribution in [1.82, 2.24) is 24.6 Å². The number of carbonyl (C=O) groups excluding carboxylic acids is 2. The van der Waals surface area contributed by atoms with Crippen LogP contribution in [0.5, 0.6) is 0 Å². The van der Waals surface area contributed by atoms with E-state index >= 15 is 0 Å². The van der Waals surface area contributed by atoms with E-state index in [0.717, 1.165) is 40.5 Å². The molecular formula is C18H15F3N8O5S2. The number of anilines is 2. The Morgan fingerprint density at radius 2 is 2.08 bits per heavy atom. The molecule has 13 nitrogen and oxygen atoms in total. The summed E-state index contributed by atoms with van der Waals surface area (Å²) in [6.07, 6.45) is -3.42. The van der Waals surface area contributed by atoms with Gasteiger partial charge >= 0.3 is 12.1 Å². The highest BCUT2D eigenvalue weighted by Gasteiger charge is 2.54. The second-order valence-corrected chi connectivity index (χ2v) is 9.53. The number of nitroso groups, excluding NO2 is 1. The highest BCUT2D eigenvalue weighted by Crippen LogP contribution is 2.44. The average molecular weight is 544 g/mol. The van der Waals surface area contributed by atoms with E-state index in [1.165, 1.54) is 0 Å². The molecule has 0 spiro atoms. The van der Waals surface area contributed by atoms with Gasteiger partial charge in [-0.3, -0.25) is 14.5 Å². The number of pyridine rings is 1. The van der Waals surface area contributed by atoms with E-state index in [9.17, 15) is 37.6 Å². The van der Waals surface area contributed by atoms with Gasteiger partial charge in [0.05, 0.1) is 11.6 Å². The molecule has 1 saturated heterocycles. The number of hydrogen-bond acceptors (Lipinski definition) is 12. The zero-order valence-electron chi connectivity index (χ0n) is 17.7. The molecule has 3 atom stereocenters. The monoisotopic (exact) mass is 544 g/mol. The van der Waals surface area contributed by atoms with Crippen LogP contribution >= 0.6 is 23.3 Å². The third-order valence-electron chi connectivity index (χ3n) is 5.39. The molecule has 0 aliphatic carbocycles. The third kappa shape index (κ3) is 4.55. The molecule has 4 rings (SSSR count). The number of aromatic nitrogens is 3. The molecular weight excluding hydrogens is 529 g/mol. The third-order valence-corrected chi connectivity index (χ3v) is 7.05. The predicted molar refractivity (Wildman–Crippen MR) is 119 cm³/mol. The highest BCUT2D eigenvalue weighted by molar-refractivity contribution is 8.03. The van der Waals surface area contributed by atoms with E-state index in [1.54, 1.807) is 0 Å². The number of aliphatic carboxylic acids is 1. The van der Waals surface area contributed by atoms with Crippen LogP contribution in [0.1, 0.15) is 30.3 Å². The van der Waals surface area contributed by atoms with Gasteiger partial charge in [0.2, 0.25) is 6.04 Å². The Kier molecular flexibility index (Phi) is 6.56. The maximum atomic E-state index is 13.2. The summed E-state index contributed by atoms with van der Waals surface area (Å²) in [4.78, 5) is 56.8. The van der Waals surface area contributed by atoms with Crippen LogP contribution < -0.4 is 16.8 Å². The Morgan fingerprint density at radius 3 is 2.67 bits per heavy atom. The number of nitrogens with two attached hydrogens (primary N) is 2. The first-order valence-corrected chi connectivity index (χ1v) is 11.5. The minimum atomic E-state index is -4.76. The van der Waals surface area contributed by atoms with Crippen LogP contribution in [-0.4, -0.2) is 54.2 Å². The van der Waals surface area contributed by atoms with Gasteiger partial charge in [0.15, 0.2) is 11.0 Å². The van der Waals surface area contributed by atoms with Gasteiger partial charge in [0, 0.05) is 27.5 Å². The Balaban J connectivity index is 1.54. The van der Waals surface area contributed by atoms with Gasteiger partial charge in [-0.15, -0.1) is 4.91 Å². The zero-order valence-corrected chi connectivity index (χ0v) is 19.4. The number of halogens is 3. The lowest BCUT2D eigenvalue weighted by Crippen LogP contribution is -2.71. The zero-order chi connectivity index (χ0) is 26.4. The van der Waals surface area contributed by atoms with Crippen molar-refractivity contribution in [3.8, 4) is 0 Å². The van der Waals surface area contributed by atoms with Crippen molar-refractivity contribution in [3.63, 3.8) is 0 Å². The number of nitrogens with one attached hydrogen (secondary N) is 1. The number of allylic oxidation sites excluding steroid dienone is 1. The Morgan fingerprint density at radius 1 is 1.36 bits per heavy atom. The molecule has 36 heavy (non-hydrogen) atoms. The van der Waals surface area contributed by atoms with Crippen LogP contribution in [0.3, 0.4) is 0 Å². The molecule has 6 N–H and O–H groups in total. The summed E-state index contributed by atoms with van der Waals surface area (Å²) in [6.45, 7) is 0. The fourth-order valence-electron chi connectivity index (χ4n) is 3.81. The Hall–Kier alpha value is -3.80. The van der Waals surface area contributed by atoms with Gasteiger partial charge in [0.1, 0.15) is 17.6 Å². The van der Waals surface area contributed by atoms with Crippen molar-refractivity contribution in [2.24, 2.45) is 5.18 Å². The summed E-state index contributed by atoms with van der Waals surface area (Å²) in [5.74, 6) is -4.18. The van der Waals surface area contributed by atoms with E-state index in [4.69, 9.17) is 11.5 Å². The summed E-state index contributed by atoms with van der Waals surface area (Å²) < 4.78 is 43.2. The molecule has 2 aromatic rings. The predicted octanol–water partition coefficient (Wildman–Crippen LogP) is 1.50. The molecule has 0 saturated carbocycles. The molecule has 2 aromatic heterocycles. The number of carboxylic acid groups (broad SMARTS) is 1. The number of alkyl halides is 3. The van der Waals surface area contributed by atoms with E-state index in [-0.39, 0.29) is 33.6 Å². The van der Waals surface area contributed by atoms with Crippen molar-refractivity contribution in [1.29, 1.82) is 0 Å². The molecule has 0 bridgehead atoms. The average Bonchev–Trinajstić information content (AvgIpc) is 3.23. The number of thioether (sulfide) groups is 1. The number of β-lactam (4-membered cyclic amide) rings is 1. The minimum absolute atomic E-state index is 0.00421. The summed E-state index contributed by atoms with van der Waals surface area (Å²) in [6, 6.07) is -2.81. The normalized spacial score (nSPS) is 20.4. The van der Waals surface area contributed by atoms with Crippen molar-refractivity contribution >= 4 is 52.0 Å². The lowest BCUT2D eigenvalue weighted by atomic mass is 9.86. The largest absolute Gasteiger partial charge is 0.477 e. The first kappa shape index (κ1) is 25.3. The fourth-order valence-corrected chi connectivity index (χ4v) is 5.34. The molecule has 0 aromatic carbocycles. The Labute approximate surface area is 207 Å². The van der Waals surface area contributed by atoms with Crippen molar-refractivity contribution in [2.75, 3.05) is 11.5 Å². The summed E-state index contributed by atoms with van der Waals surface area (Å²) in [5.41, 5.74) is 9.16. The van der Waals surface area contributed by atoms with E-state index < -0.39 is 59.2 Å². The summed E-state index contributed by atoms with van der Waals surface area (Å²) >= 11 is 1.47. The number of rotatable bonds is 7. The quantitative estimate of drug-likeness (QED) is 0.290. The van der Waals surface area contributed by atoms with Crippen molar-refractivity contribution < 1.29 is 32.7 Å². The molecule has 2 aliphatic heterocycles. The van der Waals surface area contributed by atoms with Gasteiger partial charge in [-0.05, 0) is 24.1 Å². The number of hydrogen-bond donors (Lipinski definition) is 4. The van der Waals surface area contributed by atoms with Crippen LogP contribution in [0.15, 0.2) is 32.9 Å². The second kappa shape index (κ2) is 9.34. The van der Waals surface area contributed by atoms with Crippen molar-refractivity contribution in [3.05, 3.63) is 39.2 Å². The number of carbonyl (C=O) groups is 3. The smallest absolute Gasteiger partial charge is 0.419 e. The van der Waals surface area contributed by atoms with Crippen LogP contribution in [0, 0.1) is 4.91 Å². The number of nitrogen functional groups attached to an aromatic ring is 2. The van der Waals surface area contributed by atoms with E-state index in [0.29, 0.717) is 0 Å². The van der Waals surface area contributed by atoms with Crippen LogP contribution in [0.4, 0.5) is 24.1 Å². The van der Waals surface area contributed by atoms with Crippen LogP contribution in [0.2, 0.25) is 0 Å². The van der Waals surface area contributed by atoms with Gasteiger partial charge in [-0.1, -0.05) is 11.8 Å². The Bertz CT molecular complexity index is 1300. The first-order chi connectivity index (χ1) is 16.9. The van der Waals surface area contributed by atoms with Crippen molar-refractivity contribution in [2.45, 2.75) is 42.0 Å². The fraction of sp³-hybridized carbons (Fsp3) is 0.333. The lowest BCUT2D eigenvalue weighted by molar-refractivity contribution is -0.156. The molecule has 18 heteroatoms. The number of amides is 2. The lowest BCUT2D eigenvalue weighted by Gasteiger charge is -2.50. The molecule has 1 fully saturated rings. The SMILES string of the molecule is Nc1nc(C(N=O)C(=O)N[C@@H]2C(=O)N3C(C(=O)O)=C(Sc4cnc(N)c(C(F)(F)F)c4)CCC23)ns1. The van der Waals surface area contributed by atoms with Gasteiger partial charge in [0.25, 0.3) is 11.8 Å². The number of nitrogens with zero attached hydrogens (tertiary/aromatic N) is 5.